The van der Waals surface area contributed by atoms with Crippen molar-refractivity contribution in [3.8, 4) is 11.3 Å². The summed E-state index contributed by atoms with van der Waals surface area (Å²) in [5.74, 6) is 0. The average molecular weight is 321 g/mol. The van der Waals surface area contributed by atoms with Crippen molar-refractivity contribution in [2.24, 2.45) is 0 Å². The van der Waals surface area contributed by atoms with Gasteiger partial charge in [0.05, 0.1) is 6.07 Å². The van der Waals surface area contributed by atoms with Gasteiger partial charge in [-0.2, -0.15) is 5.01 Å². The highest BCUT2D eigenvalue weighted by atomic mass is 16.5. The zero-order valence-electron chi connectivity index (χ0n) is 14.1. The van der Waals surface area contributed by atoms with E-state index in [0.717, 1.165) is 30.8 Å². The lowest BCUT2D eigenvalue weighted by Gasteiger charge is -2.31. The number of piperidine rings is 1. The summed E-state index contributed by atoms with van der Waals surface area (Å²) in [5, 5.41) is 2.35. The van der Waals surface area contributed by atoms with Crippen LogP contribution >= 0.6 is 0 Å². The third-order valence-corrected chi connectivity index (χ3v) is 4.56. The summed E-state index contributed by atoms with van der Waals surface area (Å²) in [6.45, 7) is 3.79. The third-order valence-electron chi connectivity index (χ3n) is 4.56. The van der Waals surface area contributed by atoms with Crippen molar-refractivity contribution in [3.63, 3.8) is 0 Å². The summed E-state index contributed by atoms with van der Waals surface area (Å²) in [5.41, 5.74) is 3.31. The minimum absolute atomic E-state index is 0.114. The van der Waals surface area contributed by atoms with Crippen LogP contribution in [-0.2, 0) is 4.74 Å². The van der Waals surface area contributed by atoms with Crippen molar-refractivity contribution in [2.75, 3.05) is 18.2 Å². The van der Waals surface area contributed by atoms with Crippen molar-refractivity contribution in [3.05, 3.63) is 60.8 Å². The molecule has 0 saturated carbocycles. The molecule has 0 aliphatic carbocycles. The molecule has 1 aliphatic heterocycles. The van der Waals surface area contributed by atoms with Crippen LogP contribution in [-0.4, -0.2) is 24.2 Å². The van der Waals surface area contributed by atoms with Crippen LogP contribution in [0.5, 0.6) is 0 Å². The van der Waals surface area contributed by atoms with Crippen molar-refractivity contribution in [2.45, 2.75) is 32.4 Å². The van der Waals surface area contributed by atoms with Gasteiger partial charge in [-0.25, -0.2) is 0 Å². The molecule has 4 heteroatoms. The number of hydrogen-bond acceptors (Lipinski definition) is 2. The van der Waals surface area contributed by atoms with Crippen molar-refractivity contribution in [1.82, 2.24) is 4.79 Å². The third kappa shape index (κ3) is 2.67. The smallest absolute Gasteiger partial charge is 0.216 e. The van der Waals surface area contributed by atoms with Crippen molar-refractivity contribution < 1.29 is 9.25 Å². The SMILES string of the molecule is CCOC1CCCCN1n1c(-c2ccccc2)[c]c2cccc[n+]21. The van der Waals surface area contributed by atoms with E-state index >= 15 is 0 Å². The number of fused-ring (bicyclic) bond motifs is 1. The van der Waals surface area contributed by atoms with Gasteiger partial charge < -0.3 is 4.74 Å². The van der Waals surface area contributed by atoms with Crippen LogP contribution in [0.2, 0.25) is 0 Å². The molecule has 0 amide bonds. The van der Waals surface area contributed by atoms with Crippen molar-refractivity contribution in [1.29, 1.82) is 0 Å². The molecule has 3 aromatic rings. The molecule has 4 rings (SSSR count). The standard InChI is InChI=1S/C20H23N3O/c1-2-24-20-13-7-9-15-22(20)23-19(17-10-4-3-5-11-17)16-18-12-6-8-14-21(18)23/h3-6,8,10-12,14,20H,2,7,9,13,15H2,1H3/q+1. The molecule has 1 saturated heterocycles. The predicted octanol–water partition coefficient (Wildman–Crippen LogP) is 3.18. The van der Waals surface area contributed by atoms with Crippen LogP contribution in [0.15, 0.2) is 54.7 Å². The minimum Gasteiger partial charge on any atom is -0.338 e. The first-order valence-corrected chi connectivity index (χ1v) is 8.77. The maximum atomic E-state index is 6.04. The number of nitrogens with zero attached hydrogens (tertiary/aromatic N) is 3. The van der Waals surface area contributed by atoms with Gasteiger partial charge in [0.2, 0.25) is 6.23 Å². The molecule has 1 fully saturated rings. The highest BCUT2D eigenvalue weighted by Gasteiger charge is 2.33. The summed E-state index contributed by atoms with van der Waals surface area (Å²) in [6, 6.07) is 20.3. The highest BCUT2D eigenvalue weighted by molar-refractivity contribution is 5.63. The molecule has 0 N–H and O–H groups in total. The lowest BCUT2D eigenvalue weighted by atomic mass is 10.1. The maximum absolute atomic E-state index is 6.04. The summed E-state index contributed by atoms with van der Waals surface area (Å²) in [7, 11) is 0. The van der Waals surface area contributed by atoms with Crippen molar-refractivity contribution >= 4 is 5.52 Å². The van der Waals surface area contributed by atoms with Crippen LogP contribution < -0.4 is 9.52 Å². The van der Waals surface area contributed by atoms with Gasteiger partial charge in [0.1, 0.15) is 18.4 Å². The Morgan fingerprint density at radius 3 is 2.79 bits per heavy atom. The second-order valence-corrected chi connectivity index (χ2v) is 6.13. The van der Waals surface area contributed by atoms with E-state index in [0.29, 0.717) is 0 Å². The molecule has 1 atom stereocenters. The molecular weight excluding hydrogens is 298 g/mol. The highest BCUT2D eigenvalue weighted by Crippen LogP contribution is 2.24. The Morgan fingerprint density at radius 1 is 1.12 bits per heavy atom. The number of pyridine rings is 1. The molecule has 0 bridgehead atoms. The number of ether oxygens (including phenoxy) is 1. The summed E-state index contributed by atoms with van der Waals surface area (Å²) in [6.07, 6.45) is 5.67. The van der Waals surface area contributed by atoms with Crippen LogP contribution in [0.3, 0.4) is 0 Å². The lowest BCUT2D eigenvalue weighted by molar-refractivity contribution is -0.610. The maximum Gasteiger partial charge on any atom is 0.216 e. The van der Waals surface area contributed by atoms with Crippen LogP contribution in [0.1, 0.15) is 26.2 Å². The number of aromatic nitrogens is 2. The Kier molecular flexibility index (Phi) is 4.22. The van der Waals surface area contributed by atoms with E-state index < -0.39 is 0 Å². The monoisotopic (exact) mass is 321 g/mol. The molecule has 1 unspecified atom stereocenters. The molecule has 1 aromatic carbocycles. The van der Waals surface area contributed by atoms with E-state index in [9.17, 15) is 0 Å². The average Bonchev–Trinajstić information content (AvgIpc) is 3.03. The van der Waals surface area contributed by atoms with Crippen LogP contribution in [0.25, 0.3) is 16.8 Å². The minimum atomic E-state index is 0.114. The number of benzene rings is 1. The molecular formula is C20H23N3O+. The Bertz CT molecular complexity index is 810. The van der Waals surface area contributed by atoms with Crippen LogP contribution in [0, 0.1) is 6.07 Å². The fourth-order valence-electron chi connectivity index (χ4n) is 3.48. The Hall–Kier alpha value is -2.33. The first-order valence-electron chi connectivity index (χ1n) is 8.77. The molecule has 24 heavy (non-hydrogen) atoms. The molecule has 2 aromatic heterocycles. The lowest BCUT2D eigenvalue weighted by Crippen LogP contribution is -2.56. The van der Waals surface area contributed by atoms with E-state index in [-0.39, 0.29) is 6.23 Å². The van der Waals surface area contributed by atoms with Gasteiger partial charge in [-0.15, -0.1) is 4.52 Å². The fraction of sp³-hybridized carbons (Fsp3) is 0.350. The van der Waals surface area contributed by atoms with Gasteiger partial charge in [-0.1, -0.05) is 41.2 Å². The van der Waals surface area contributed by atoms with Gasteiger partial charge in [0.15, 0.2) is 5.52 Å². The van der Waals surface area contributed by atoms with Gasteiger partial charge >= 0.3 is 0 Å². The van der Waals surface area contributed by atoms with E-state index in [1.54, 1.807) is 0 Å². The predicted molar refractivity (Wildman–Crippen MR) is 94.2 cm³/mol. The van der Waals surface area contributed by atoms with E-state index in [1.807, 2.05) is 6.07 Å². The Balaban J connectivity index is 1.89. The summed E-state index contributed by atoms with van der Waals surface area (Å²) < 4.78 is 8.20. The normalized spacial score (nSPS) is 18.2. The second-order valence-electron chi connectivity index (χ2n) is 6.13. The van der Waals surface area contributed by atoms with E-state index in [4.69, 9.17) is 4.74 Å². The zero-order valence-corrected chi connectivity index (χ0v) is 14.1. The first-order chi connectivity index (χ1) is 11.9. The molecule has 0 spiro atoms. The Morgan fingerprint density at radius 2 is 1.96 bits per heavy atom. The molecule has 1 radical (unpaired) electrons. The van der Waals surface area contributed by atoms with Gasteiger partial charge in [0, 0.05) is 18.6 Å². The summed E-state index contributed by atoms with van der Waals surface area (Å²) >= 11 is 0. The van der Waals surface area contributed by atoms with E-state index in [1.165, 1.54) is 18.4 Å². The molecule has 4 nitrogen and oxygen atoms in total. The fourth-order valence-corrected chi connectivity index (χ4v) is 3.48. The molecule has 123 valence electrons. The van der Waals surface area contributed by atoms with E-state index in [2.05, 4.69) is 76.0 Å². The summed E-state index contributed by atoms with van der Waals surface area (Å²) in [4.78, 5) is 2.24. The van der Waals surface area contributed by atoms with Gasteiger partial charge in [-0.05, 0) is 31.9 Å². The quantitative estimate of drug-likeness (QED) is 0.688. The van der Waals surface area contributed by atoms with Crippen LogP contribution in [0.4, 0.5) is 0 Å². The van der Waals surface area contributed by atoms with Gasteiger partial charge in [0.25, 0.3) is 0 Å². The second kappa shape index (κ2) is 6.65. The number of hydrogen-bond donors (Lipinski definition) is 0. The zero-order chi connectivity index (χ0) is 16.4. The first kappa shape index (κ1) is 15.2. The number of rotatable bonds is 4. The largest absolute Gasteiger partial charge is 0.338 e. The Labute approximate surface area is 142 Å². The molecule has 1 aliphatic rings. The topological polar surface area (TPSA) is 21.5 Å². The molecule has 3 heterocycles. The van der Waals surface area contributed by atoms with Gasteiger partial charge in [-0.3, -0.25) is 0 Å².